The number of nitro benzene ring substituents is 1. The monoisotopic (exact) mass is 242 g/mol. The molecule has 0 amide bonds. The lowest BCUT2D eigenvalue weighted by Crippen LogP contribution is -2.13. The summed E-state index contributed by atoms with van der Waals surface area (Å²) in [7, 11) is 0. The predicted molar refractivity (Wildman–Crippen MR) is 62.4 cm³/mol. The first-order valence-electron chi connectivity index (χ1n) is 5.34. The van der Waals surface area contributed by atoms with Gasteiger partial charge in [0.25, 0.3) is 0 Å². The van der Waals surface area contributed by atoms with Crippen molar-refractivity contribution in [3.63, 3.8) is 0 Å². The normalized spacial score (nSPS) is 12.2. The summed E-state index contributed by atoms with van der Waals surface area (Å²) in [6.45, 7) is 2.41. The van der Waals surface area contributed by atoms with E-state index in [1.54, 1.807) is 0 Å². The zero-order chi connectivity index (χ0) is 12.8. The highest BCUT2D eigenvalue weighted by molar-refractivity contribution is 5.61. The van der Waals surface area contributed by atoms with Crippen LogP contribution in [-0.4, -0.2) is 23.2 Å². The Morgan fingerprint density at radius 3 is 2.88 bits per heavy atom. The van der Waals surface area contributed by atoms with E-state index in [9.17, 15) is 14.5 Å². The fraction of sp³-hybridized carbons (Fsp3) is 0.455. The van der Waals surface area contributed by atoms with E-state index in [-0.39, 0.29) is 18.2 Å². The number of anilines is 1. The summed E-state index contributed by atoms with van der Waals surface area (Å²) in [6, 6.07) is 3.94. The molecule has 2 N–H and O–H groups in total. The predicted octanol–water partition coefficient (Wildman–Crippen LogP) is 2.16. The molecule has 0 spiro atoms. The van der Waals surface area contributed by atoms with Gasteiger partial charge in [-0.15, -0.1) is 0 Å². The van der Waals surface area contributed by atoms with Crippen LogP contribution in [0, 0.1) is 21.8 Å². The Balaban J connectivity index is 2.77. The number of hydrogen-bond donors (Lipinski definition) is 2. The molecule has 5 nitrogen and oxygen atoms in total. The Kier molecular flexibility index (Phi) is 4.84. The van der Waals surface area contributed by atoms with Crippen LogP contribution in [0.2, 0.25) is 0 Å². The number of para-hydroxylation sites is 1. The van der Waals surface area contributed by atoms with Crippen LogP contribution in [-0.2, 0) is 0 Å². The van der Waals surface area contributed by atoms with Crippen molar-refractivity contribution >= 4 is 11.4 Å². The lowest BCUT2D eigenvalue weighted by molar-refractivity contribution is -0.386. The minimum absolute atomic E-state index is 0.0636. The summed E-state index contributed by atoms with van der Waals surface area (Å²) in [5.41, 5.74) is -0.372. The molecule has 0 aliphatic carbocycles. The zero-order valence-electron chi connectivity index (χ0n) is 9.52. The molecule has 0 aliphatic heterocycles. The average Bonchev–Trinajstić information content (AvgIpc) is 2.26. The van der Waals surface area contributed by atoms with E-state index < -0.39 is 16.4 Å². The van der Waals surface area contributed by atoms with Gasteiger partial charge in [-0.1, -0.05) is 13.0 Å². The number of rotatable bonds is 6. The largest absolute Gasteiger partial charge is 0.396 e. The fourth-order valence-corrected chi connectivity index (χ4v) is 1.45. The van der Waals surface area contributed by atoms with E-state index in [2.05, 4.69) is 5.32 Å². The van der Waals surface area contributed by atoms with Gasteiger partial charge in [0.2, 0.25) is 5.82 Å². The van der Waals surface area contributed by atoms with Crippen LogP contribution in [0.1, 0.15) is 13.3 Å². The summed E-state index contributed by atoms with van der Waals surface area (Å²) in [5, 5.41) is 22.3. The number of nitro groups is 1. The molecule has 0 saturated heterocycles. The lowest BCUT2D eigenvalue weighted by atomic mass is 10.1. The lowest BCUT2D eigenvalue weighted by Gasteiger charge is -2.12. The van der Waals surface area contributed by atoms with Gasteiger partial charge in [-0.05, 0) is 24.5 Å². The smallest absolute Gasteiger partial charge is 0.327 e. The number of aliphatic hydroxyl groups is 1. The third kappa shape index (κ3) is 3.67. The topological polar surface area (TPSA) is 75.4 Å². The summed E-state index contributed by atoms with van der Waals surface area (Å²) < 4.78 is 13.3. The van der Waals surface area contributed by atoms with Gasteiger partial charge in [-0.3, -0.25) is 10.1 Å². The van der Waals surface area contributed by atoms with Gasteiger partial charge in [-0.2, -0.15) is 4.39 Å². The quantitative estimate of drug-likeness (QED) is 0.592. The average molecular weight is 242 g/mol. The molecule has 0 heterocycles. The summed E-state index contributed by atoms with van der Waals surface area (Å²) in [6.07, 6.45) is 0.593. The van der Waals surface area contributed by atoms with E-state index in [1.807, 2.05) is 6.92 Å². The van der Waals surface area contributed by atoms with Crippen molar-refractivity contribution in [2.45, 2.75) is 13.3 Å². The van der Waals surface area contributed by atoms with Crippen LogP contribution in [0.4, 0.5) is 15.8 Å². The molecule has 0 aromatic heterocycles. The standard InChI is InChI=1S/C11H15FN2O3/c1-8(5-6-15)7-13-10-4-2-3-9(12)11(10)14(16)17/h2-4,8,13,15H,5-7H2,1H3. The second-order valence-corrected chi connectivity index (χ2v) is 3.89. The third-order valence-electron chi connectivity index (χ3n) is 2.43. The minimum Gasteiger partial charge on any atom is -0.396 e. The SMILES string of the molecule is CC(CCO)CNc1cccc(F)c1[N+](=O)[O-]. The molecular formula is C11H15FN2O3. The van der Waals surface area contributed by atoms with E-state index >= 15 is 0 Å². The van der Waals surface area contributed by atoms with Crippen LogP contribution in [0.15, 0.2) is 18.2 Å². The summed E-state index contributed by atoms with van der Waals surface area (Å²) in [4.78, 5) is 9.96. The molecule has 1 atom stereocenters. The van der Waals surface area contributed by atoms with E-state index in [1.165, 1.54) is 12.1 Å². The van der Waals surface area contributed by atoms with Crippen LogP contribution < -0.4 is 5.32 Å². The Labute approximate surface area is 98.4 Å². The third-order valence-corrected chi connectivity index (χ3v) is 2.43. The van der Waals surface area contributed by atoms with Gasteiger partial charge in [0.05, 0.1) is 4.92 Å². The van der Waals surface area contributed by atoms with E-state index in [4.69, 9.17) is 5.11 Å². The molecule has 0 radical (unpaired) electrons. The number of benzene rings is 1. The van der Waals surface area contributed by atoms with Gasteiger partial charge >= 0.3 is 5.69 Å². The molecule has 1 unspecified atom stereocenters. The van der Waals surface area contributed by atoms with Crippen molar-refractivity contribution in [3.05, 3.63) is 34.1 Å². The number of nitrogens with zero attached hydrogens (tertiary/aromatic N) is 1. The first kappa shape index (κ1) is 13.4. The Morgan fingerprint density at radius 1 is 1.59 bits per heavy atom. The number of aliphatic hydroxyl groups excluding tert-OH is 1. The molecule has 6 heteroatoms. The maximum atomic E-state index is 13.3. The second kappa shape index (κ2) is 6.15. The summed E-state index contributed by atoms with van der Waals surface area (Å²) >= 11 is 0. The second-order valence-electron chi connectivity index (χ2n) is 3.89. The Hall–Kier alpha value is -1.69. The Bertz CT molecular complexity index is 398. The van der Waals surface area contributed by atoms with Crippen molar-refractivity contribution < 1.29 is 14.4 Å². The highest BCUT2D eigenvalue weighted by atomic mass is 19.1. The van der Waals surface area contributed by atoms with Crippen molar-refractivity contribution in [2.24, 2.45) is 5.92 Å². The molecule has 0 fully saturated rings. The number of halogens is 1. The molecule has 94 valence electrons. The van der Waals surface area contributed by atoms with Crippen LogP contribution >= 0.6 is 0 Å². The first-order chi connectivity index (χ1) is 8.06. The van der Waals surface area contributed by atoms with Gasteiger partial charge in [0.1, 0.15) is 5.69 Å². The molecule has 17 heavy (non-hydrogen) atoms. The summed E-state index contributed by atoms with van der Waals surface area (Å²) in [5.74, 6) is -0.697. The van der Waals surface area contributed by atoms with Crippen molar-refractivity contribution in [1.82, 2.24) is 0 Å². The van der Waals surface area contributed by atoms with Gasteiger partial charge in [0.15, 0.2) is 0 Å². The van der Waals surface area contributed by atoms with Crippen LogP contribution in [0.5, 0.6) is 0 Å². The molecule has 1 rings (SSSR count). The molecule has 0 bridgehead atoms. The fourth-order valence-electron chi connectivity index (χ4n) is 1.45. The number of nitrogens with one attached hydrogen (secondary N) is 1. The minimum atomic E-state index is -0.852. The van der Waals surface area contributed by atoms with Crippen LogP contribution in [0.3, 0.4) is 0 Å². The first-order valence-corrected chi connectivity index (χ1v) is 5.34. The Morgan fingerprint density at radius 2 is 2.29 bits per heavy atom. The van der Waals surface area contributed by atoms with E-state index in [0.29, 0.717) is 13.0 Å². The van der Waals surface area contributed by atoms with E-state index in [0.717, 1.165) is 6.07 Å². The number of hydrogen-bond acceptors (Lipinski definition) is 4. The molecule has 0 aliphatic rings. The van der Waals surface area contributed by atoms with Gasteiger partial charge in [-0.25, -0.2) is 0 Å². The van der Waals surface area contributed by atoms with Crippen molar-refractivity contribution in [2.75, 3.05) is 18.5 Å². The molecule has 0 saturated carbocycles. The van der Waals surface area contributed by atoms with Gasteiger partial charge < -0.3 is 10.4 Å². The zero-order valence-corrected chi connectivity index (χ0v) is 9.52. The van der Waals surface area contributed by atoms with Gasteiger partial charge in [0, 0.05) is 13.2 Å². The van der Waals surface area contributed by atoms with Crippen molar-refractivity contribution in [1.29, 1.82) is 0 Å². The maximum absolute atomic E-state index is 13.3. The van der Waals surface area contributed by atoms with Crippen LogP contribution in [0.25, 0.3) is 0 Å². The highest BCUT2D eigenvalue weighted by Gasteiger charge is 2.19. The molecule has 1 aromatic rings. The maximum Gasteiger partial charge on any atom is 0.327 e. The van der Waals surface area contributed by atoms with Crippen molar-refractivity contribution in [3.8, 4) is 0 Å². The highest BCUT2D eigenvalue weighted by Crippen LogP contribution is 2.27. The molecule has 1 aromatic carbocycles. The molecular weight excluding hydrogens is 227 g/mol.